The molecule has 0 aliphatic carbocycles. The van der Waals surface area contributed by atoms with E-state index in [1.807, 2.05) is 24.3 Å². The van der Waals surface area contributed by atoms with Crippen molar-refractivity contribution in [1.82, 2.24) is 9.62 Å². The van der Waals surface area contributed by atoms with E-state index in [0.717, 1.165) is 5.69 Å². The van der Waals surface area contributed by atoms with E-state index in [0.29, 0.717) is 37.3 Å². The average Bonchev–Trinajstić information content (AvgIpc) is 3.03. The van der Waals surface area contributed by atoms with Gasteiger partial charge in [-0.2, -0.15) is 0 Å². The van der Waals surface area contributed by atoms with E-state index in [9.17, 15) is 18.0 Å². The lowest BCUT2D eigenvalue weighted by atomic mass is 10.1. The molecule has 4 rings (SSSR count). The summed E-state index contributed by atoms with van der Waals surface area (Å²) in [6.07, 6.45) is 0. The number of Topliss-reactive ketones (excluding diaryl/α,β-unsaturated/α-hetero) is 1. The summed E-state index contributed by atoms with van der Waals surface area (Å²) in [6, 6.07) is 13.4. The molecular weight excluding hydrogens is 416 g/mol. The van der Waals surface area contributed by atoms with Gasteiger partial charge in [-0.1, -0.05) is 12.1 Å². The summed E-state index contributed by atoms with van der Waals surface area (Å²) in [5.74, 6) is 0.105. The Morgan fingerprint density at radius 1 is 1.00 bits per heavy atom. The number of amides is 1. The van der Waals surface area contributed by atoms with Gasteiger partial charge in [0.1, 0.15) is 11.9 Å². The number of sulfonamides is 1. The molecule has 2 aromatic carbocycles. The van der Waals surface area contributed by atoms with Gasteiger partial charge in [0.05, 0.1) is 4.90 Å². The standard InChI is InChI=1S/C22H24N4O4S/c1-15(23-21-19-5-3-4-6-20(19)31(29,30)24-21)22(28)26-13-11-25(12-14-26)18-9-7-17(8-10-18)16(2)27/h3-10,15H,11-14H2,1-2H3,(H,23,24)/t15-/m1/s1. The topological polar surface area (TPSA) is 99.2 Å². The van der Waals surface area contributed by atoms with E-state index in [-0.39, 0.29) is 22.4 Å². The highest BCUT2D eigenvalue weighted by atomic mass is 32.2. The number of nitrogens with zero attached hydrogens (tertiary/aromatic N) is 3. The minimum absolute atomic E-state index is 0.0322. The lowest BCUT2D eigenvalue weighted by molar-refractivity contribution is -0.132. The molecule has 0 spiro atoms. The highest BCUT2D eigenvalue weighted by Gasteiger charge is 2.32. The van der Waals surface area contributed by atoms with Crippen LogP contribution in [0.25, 0.3) is 0 Å². The summed E-state index contributed by atoms with van der Waals surface area (Å²) >= 11 is 0. The van der Waals surface area contributed by atoms with Gasteiger partial charge in [-0.15, -0.1) is 0 Å². The highest BCUT2D eigenvalue weighted by Crippen LogP contribution is 2.23. The summed E-state index contributed by atoms with van der Waals surface area (Å²) < 4.78 is 26.9. The number of rotatable bonds is 4. The molecule has 2 aliphatic rings. The zero-order valence-electron chi connectivity index (χ0n) is 17.4. The number of nitrogens with one attached hydrogen (secondary N) is 1. The molecule has 31 heavy (non-hydrogen) atoms. The summed E-state index contributed by atoms with van der Waals surface area (Å²) in [5, 5.41) is 0. The maximum Gasteiger partial charge on any atom is 0.263 e. The van der Waals surface area contributed by atoms with E-state index in [2.05, 4.69) is 14.6 Å². The molecule has 1 atom stereocenters. The third-order valence-corrected chi connectivity index (χ3v) is 6.97. The van der Waals surface area contributed by atoms with Crippen molar-refractivity contribution >= 4 is 33.2 Å². The normalized spacial score (nSPS) is 19.6. The van der Waals surface area contributed by atoms with Crippen LogP contribution in [0, 0.1) is 0 Å². The Hall–Kier alpha value is -3.20. The number of aliphatic imine (C=N–C) groups is 1. The maximum atomic E-state index is 12.9. The van der Waals surface area contributed by atoms with Crippen molar-refractivity contribution in [3.8, 4) is 0 Å². The van der Waals surface area contributed by atoms with E-state index in [4.69, 9.17) is 0 Å². The molecular formula is C22H24N4O4S. The number of hydrogen-bond donors (Lipinski definition) is 1. The molecule has 2 heterocycles. The Bertz CT molecular complexity index is 1150. The lowest BCUT2D eigenvalue weighted by Crippen LogP contribution is -2.51. The molecule has 0 radical (unpaired) electrons. The second kappa shape index (κ2) is 8.14. The van der Waals surface area contributed by atoms with Crippen molar-refractivity contribution in [2.24, 2.45) is 4.99 Å². The number of ketones is 1. The van der Waals surface area contributed by atoms with Crippen LogP contribution in [0.1, 0.15) is 29.8 Å². The Labute approximate surface area is 181 Å². The third kappa shape index (κ3) is 4.18. The molecule has 0 saturated carbocycles. The van der Waals surface area contributed by atoms with Crippen LogP contribution in [0.2, 0.25) is 0 Å². The third-order valence-electron chi connectivity index (χ3n) is 5.57. The smallest absolute Gasteiger partial charge is 0.263 e. The molecule has 0 aromatic heterocycles. The van der Waals surface area contributed by atoms with Crippen molar-refractivity contribution in [3.63, 3.8) is 0 Å². The first-order valence-electron chi connectivity index (χ1n) is 10.1. The van der Waals surface area contributed by atoms with Gasteiger partial charge in [0.25, 0.3) is 10.0 Å². The average molecular weight is 441 g/mol. The monoisotopic (exact) mass is 440 g/mol. The molecule has 9 heteroatoms. The minimum atomic E-state index is -3.63. The first-order valence-corrected chi connectivity index (χ1v) is 11.6. The van der Waals surface area contributed by atoms with Crippen molar-refractivity contribution < 1.29 is 18.0 Å². The van der Waals surface area contributed by atoms with Gasteiger partial charge in [-0.05, 0) is 50.2 Å². The molecule has 1 amide bonds. The quantitative estimate of drug-likeness (QED) is 0.729. The van der Waals surface area contributed by atoms with Gasteiger partial charge in [0, 0.05) is 43.0 Å². The van der Waals surface area contributed by atoms with Gasteiger partial charge in [0.15, 0.2) is 5.78 Å². The Morgan fingerprint density at radius 3 is 2.29 bits per heavy atom. The Kier molecular flexibility index (Phi) is 5.53. The van der Waals surface area contributed by atoms with E-state index in [1.165, 1.54) is 6.07 Å². The van der Waals surface area contributed by atoms with Gasteiger partial charge in [-0.25, -0.2) is 8.42 Å². The minimum Gasteiger partial charge on any atom is -0.368 e. The van der Waals surface area contributed by atoms with E-state index in [1.54, 1.807) is 36.9 Å². The number of piperazine rings is 1. The zero-order chi connectivity index (χ0) is 22.2. The fourth-order valence-corrected chi connectivity index (χ4v) is 5.07. The fraction of sp³-hybridized carbons (Fsp3) is 0.318. The molecule has 162 valence electrons. The van der Waals surface area contributed by atoms with Crippen molar-refractivity contribution in [1.29, 1.82) is 0 Å². The van der Waals surface area contributed by atoms with Crippen molar-refractivity contribution in [3.05, 3.63) is 59.7 Å². The molecule has 2 aromatic rings. The molecule has 1 N–H and O–H groups in total. The van der Waals surface area contributed by atoms with Crippen LogP contribution < -0.4 is 9.62 Å². The van der Waals surface area contributed by atoms with Crippen molar-refractivity contribution in [2.75, 3.05) is 31.1 Å². The van der Waals surface area contributed by atoms with Gasteiger partial charge < -0.3 is 9.80 Å². The van der Waals surface area contributed by atoms with E-state index < -0.39 is 16.1 Å². The first-order chi connectivity index (χ1) is 14.8. The molecule has 0 unspecified atom stereocenters. The van der Waals surface area contributed by atoms with Crippen molar-refractivity contribution in [2.45, 2.75) is 24.8 Å². The molecule has 1 saturated heterocycles. The van der Waals surface area contributed by atoms with Crippen LogP contribution in [0.5, 0.6) is 0 Å². The molecule has 1 fully saturated rings. The Morgan fingerprint density at radius 2 is 1.65 bits per heavy atom. The van der Waals surface area contributed by atoms with Crippen LogP contribution in [0.3, 0.4) is 0 Å². The number of benzene rings is 2. The number of hydrogen-bond acceptors (Lipinski definition) is 6. The zero-order valence-corrected chi connectivity index (χ0v) is 18.2. The SMILES string of the molecule is CC(=O)c1ccc(N2CCN(C(=O)[C@@H](C)N=C3NS(=O)(=O)c4ccccc43)CC2)cc1. The Balaban J connectivity index is 1.41. The predicted molar refractivity (Wildman–Crippen MR) is 118 cm³/mol. The lowest BCUT2D eigenvalue weighted by Gasteiger charge is -2.36. The molecule has 8 nitrogen and oxygen atoms in total. The first kappa shape index (κ1) is 21.0. The van der Waals surface area contributed by atoms with Gasteiger partial charge in [-0.3, -0.25) is 19.3 Å². The summed E-state index contributed by atoms with van der Waals surface area (Å²) in [6.45, 7) is 5.65. The van der Waals surface area contributed by atoms with Crippen LogP contribution in [0.15, 0.2) is 58.4 Å². The highest BCUT2D eigenvalue weighted by molar-refractivity contribution is 7.90. The van der Waals surface area contributed by atoms with Crippen LogP contribution in [-0.2, 0) is 14.8 Å². The number of fused-ring (bicyclic) bond motifs is 1. The van der Waals surface area contributed by atoms with E-state index >= 15 is 0 Å². The largest absolute Gasteiger partial charge is 0.368 e. The van der Waals surface area contributed by atoms with Crippen LogP contribution in [0.4, 0.5) is 5.69 Å². The maximum absolute atomic E-state index is 12.9. The second-order valence-electron chi connectivity index (χ2n) is 7.67. The van der Waals surface area contributed by atoms with Crippen LogP contribution in [-0.4, -0.2) is 63.1 Å². The van der Waals surface area contributed by atoms with Crippen LogP contribution >= 0.6 is 0 Å². The fourth-order valence-electron chi connectivity index (χ4n) is 3.83. The second-order valence-corrected chi connectivity index (χ2v) is 9.32. The number of carbonyl (C=O) groups excluding carboxylic acids is 2. The van der Waals surface area contributed by atoms with Gasteiger partial charge in [0.2, 0.25) is 5.91 Å². The number of amidine groups is 1. The molecule has 0 bridgehead atoms. The predicted octanol–water partition coefficient (Wildman–Crippen LogP) is 1.66. The summed E-state index contributed by atoms with van der Waals surface area (Å²) in [4.78, 5) is 32.8. The summed E-state index contributed by atoms with van der Waals surface area (Å²) in [7, 11) is -3.63. The summed E-state index contributed by atoms with van der Waals surface area (Å²) in [5.41, 5.74) is 2.18. The number of carbonyl (C=O) groups is 2. The van der Waals surface area contributed by atoms with Gasteiger partial charge >= 0.3 is 0 Å². The molecule has 2 aliphatic heterocycles. The number of anilines is 1.